The quantitative estimate of drug-likeness (QED) is 0.370. The Labute approximate surface area is 230 Å². The number of aryl methyl sites for hydroxylation is 2. The second-order valence-corrected chi connectivity index (χ2v) is 11.4. The third-order valence-corrected chi connectivity index (χ3v) is 8.45. The molecule has 2 amide bonds. The van der Waals surface area contributed by atoms with Crippen molar-refractivity contribution in [1.82, 2.24) is 10.2 Å². The second kappa shape index (κ2) is 12.9. The van der Waals surface area contributed by atoms with Gasteiger partial charge in [-0.1, -0.05) is 72.6 Å². The minimum atomic E-state index is -4.14. The molecule has 0 fully saturated rings. The molecular weight excluding hydrogens is 522 g/mol. The zero-order valence-electron chi connectivity index (χ0n) is 22.1. The van der Waals surface area contributed by atoms with Crippen LogP contribution in [0.5, 0.6) is 0 Å². The first-order valence-corrected chi connectivity index (χ1v) is 14.3. The number of nitrogens with one attached hydrogen (secondary N) is 1. The zero-order valence-corrected chi connectivity index (χ0v) is 23.7. The second-order valence-electron chi connectivity index (χ2n) is 9.12. The van der Waals surface area contributed by atoms with E-state index in [0.29, 0.717) is 29.1 Å². The number of hydrogen-bond donors (Lipinski definition) is 1. The Morgan fingerprint density at radius 1 is 0.974 bits per heavy atom. The van der Waals surface area contributed by atoms with Gasteiger partial charge in [-0.25, -0.2) is 8.42 Å². The van der Waals surface area contributed by atoms with Crippen LogP contribution in [-0.2, 0) is 26.0 Å². The van der Waals surface area contributed by atoms with Gasteiger partial charge in [0.25, 0.3) is 10.0 Å². The van der Waals surface area contributed by atoms with Crippen LogP contribution in [0.15, 0.2) is 77.7 Å². The van der Waals surface area contributed by atoms with E-state index in [-0.39, 0.29) is 17.3 Å². The molecule has 0 aliphatic heterocycles. The van der Waals surface area contributed by atoms with Crippen molar-refractivity contribution < 1.29 is 18.0 Å². The molecule has 0 radical (unpaired) electrons. The van der Waals surface area contributed by atoms with Gasteiger partial charge in [-0.15, -0.1) is 0 Å². The normalized spacial score (nSPS) is 12.0. The van der Waals surface area contributed by atoms with E-state index in [1.54, 1.807) is 37.3 Å². The Morgan fingerprint density at radius 3 is 2.24 bits per heavy atom. The van der Waals surface area contributed by atoms with Crippen LogP contribution in [-0.4, -0.2) is 51.3 Å². The standard InChI is InChI=1S/C29H34ClN3O4S/c1-5-26(29(35)31-4)32(18-17-23-9-7-6-8-10-23)28(34)20-33(27-19-24(30)14-13-22(27)3)38(36,37)25-15-11-21(2)12-16-25/h6-16,19,26H,5,17-18,20H2,1-4H3,(H,31,35). The number of hydrogen-bond acceptors (Lipinski definition) is 4. The highest BCUT2D eigenvalue weighted by Crippen LogP contribution is 2.30. The average molecular weight is 556 g/mol. The number of halogens is 1. The van der Waals surface area contributed by atoms with E-state index in [2.05, 4.69) is 5.32 Å². The summed E-state index contributed by atoms with van der Waals surface area (Å²) in [4.78, 5) is 28.2. The van der Waals surface area contributed by atoms with Gasteiger partial charge in [-0.05, 0) is 62.1 Å². The maximum Gasteiger partial charge on any atom is 0.264 e. The average Bonchev–Trinajstić information content (AvgIpc) is 2.91. The van der Waals surface area contributed by atoms with Crippen molar-refractivity contribution in [2.75, 3.05) is 24.4 Å². The summed E-state index contributed by atoms with van der Waals surface area (Å²) >= 11 is 6.26. The van der Waals surface area contributed by atoms with Crippen molar-refractivity contribution >= 4 is 39.1 Å². The van der Waals surface area contributed by atoms with Crippen LogP contribution in [0.1, 0.15) is 30.0 Å². The van der Waals surface area contributed by atoms with Crippen molar-refractivity contribution in [3.05, 3.63) is 94.5 Å². The molecule has 1 unspecified atom stereocenters. The lowest BCUT2D eigenvalue weighted by atomic mass is 10.1. The Bertz CT molecular complexity index is 1360. The van der Waals surface area contributed by atoms with Gasteiger partial charge in [0.15, 0.2) is 0 Å². The molecule has 7 nitrogen and oxygen atoms in total. The minimum absolute atomic E-state index is 0.0597. The predicted molar refractivity (Wildman–Crippen MR) is 152 cm³/mol. The number of amides is 2. The zero-order chi connectivity index (χ0) is 27.9. The molecule has 38 heavy (non-hydrogen) atoms. The molecule has 0 bridgehead atoms. The van der Waals surface area contributed by atoms with Crippen LogP contribution in [0, 0.1) is 13.8 Å². The Morgan fingerprint density at radius 2 is 1.63 bits per heavy atom. The van der Waals surface area contributed by atoms with Crippen molar-refractivity contribution in [3.8, 4) is 0 Å². The summed E-state index contributed by atoms with van der Waals surface area (Å²) in [5.41, 5.74) is 2.87. The molecule has 0 saturated heterocycles. The Balaban J connectivity index is 2.04. The highest BCUT2D eigenvalue weighted by atomic mass is 35.5. The summed E-state index contributed by atoms with van der Waals surface area (Å²) in [6.45, 7) is 5.22. The third-order valence-electron chi connectivity index (χ3n) is 6.44. The number of carbonyl (C=O) groups excluding carboxylic acids is 2. The van der Waals surface area contributed by atoms with E-state index in [0.717, 1.165) is 15.4 Å². The fraction of sp³-hybridized carbons (Fsp3) is 0.310. The van der Waals surface area contributed by atoms with Gasteiger partial charge in [-0.2, -0.15) is 0 Å². The highest BCUT2D eigenvalue weighted by Gasteiger charge is 2.33. The third kappa shape index (κ3) is 6.94. The van der Waals surface area contributed by atoms with Gasteiger partial charge in [-0.3, -0.25) is 13.9 Å². The van der Waals surface area contributed by atoms with E-state index < -0.39 is 28.5 Å². The topological polar surface area (TPSA) is 86.8 Å². The van der Waals surface area contributed by atoms with Crippen LogP contribution in [0.25, 0.3) is 0 Å². The van der Waals surface area contributed by atoms with Crippen LogP contribution >= 0.6 is 11.6 Å². The molecule has 0 aliphatic carbocycles. The lowest BCUT2D eigenvalue weighted by Crippen LogP contribution is -2.52. The van der Waals surface area contributed by atoms with Crippen LogP contribution in [0.2, 0.25) is 5.02 Å². The summed E-state index contributed by atoms with van der Waals surface area (Å²) in [6.07, 6.45) is 0.891. The highest BCUT2D eigenvalue weighted by molar-refractivity contribution is 7.92. The van der Waals surface area contributed by atoms with Gasteiger partial charge in [0.1, 0.15) is 12.6 Å². The van der Waals surface area contributed by atoms with E-state index in [4.69, 9.17) is 11.6 Å². The molecule has 202 valence electrons. The molecule has 0 spiro atoms. The SMILES string of the molecule is CCC(C(=O)NC)N(CCc1ccccc1)C(=O)CN(c1cc(Cl)ccc1C)S(=O)(=O)c1ccc(C)cc1. The van der Waals surface area contributed by atoms with Gasteiger partial charge in [0.2, 0.25) is 11.8 Å². The molecule has 3 aromatic rings. The smallest absolute Gasteiger partial charge is 0.264 e. The van der Waals surface area contributed by atoms with E-state index in [1.165, 1.54) is 24.1 Å². The molecule has 0 aliphatic rings. The summed E-state index contributed by atoms with van der Waals surface area (Å²) in [7, 11) is -2.62. The minimum Gasteiger partial charge on any atom is -0.357 e. The van der Waals surface area contributed by atoms with Crippen LogP contribution in [0.4, 0.5) is 5.69 Å². The molecular formula is C29H34ClN3O4S. The summed E-state index contributed by atoms with van der Waals surface area (Å²) in [5.74, 6) is -0.785. The molecule has 9 heteroatoms. The molecule has 1 atom stereocenters. The first-order valence-electron chi connectivity index (χ1n) is 12.5. The number of likely N-dealkylation sites (N-methyl/N-ethyl adjacent to an activating group) is 1. The predicted octanol–water partition coefficient (Wildman–Crippen LogP) is 4.75. The molecule has 1 N–H and O–H groups in total. The monoisotopic (exact) mass is 555 g/mol. The number of carbonyl (C=O) groups is 2. The van der Waals surface area contributed by atoms with Gasteiger partial charge in [0.05, 0.1) is 10.6 Å². The Kier molecular flexibility index (Phi) is 9.94. The van der Waals surface area contributed by atoms with Crippen molar-refractivity contribution in [3.63, 3.8) is 0 Å². The van der Waals surface area contributed by atoms with E-state index in [9.17, 15) is 18.0 Å². The number of benzene rings is 3. The molecule has 0 aromatic heterocycles. The first-order chi connectivity index (χ1) is 18.1. The largest absolute Gasteiger partial charge is 0.357 e. The van der Waals surface area contributed by atoms with Crippen molar-refractivity contribution in [1.29, 1.82) is 0 Å². The lowest BCUT2D eigenvalue weighted by Gasteiger charge is -2.33. The lowest BCUT2D eigenvalue weighted by molar-refractivity contribution is -0.139. The number of nitrogens with zero attached hydrogens (tertiary/aromatic N) is 2. The maximum absolute atomic E-state index is 13.9. The van der Waals surface area contributed by atoms with Crippen LogP contribution in [0.3, 0.4) is 0 Å². The van der Waals surface area contributed by atoms with Gasteiger partial charge in [0, 0.05) is 18.6 Å². The molecule has 3 aromatic carbocycles. The fourth-order valence-electron chi connectivity index (χ4n) is 4.26. The molecule has 0 heterocycles. The summed E-state index contributed by atoms with van der Waals surface area (Å²) in [6, 6.07) is 20.3. The van der Waals surface area contributed by atoms with E-state index >= 15 is 0 Å². The molecule has 0 saturated carbocycles. The van der Waals surface area contributed by atoms with E-state index in [1.807, 2.05) is 44.2 Å². The van der Waals surface area contributed by atoms with Gasteiger partial charge >= 0.3 is 0 Å². The number of rotatable bonds is 11. The fourth-order valence-corrected chi connectivity index (χ4v) is 5.90. The number of sulfonamides is 1. The Hall–Kier alpha value is -3.36. The van der Waals surface area contributed by atoms with Crippen LogP contribution < -0.4 is 9.62 Å². The van der Waals surface area contributed by atoms with Crippen molar-refractivity contribution in [2.45, 2.75) is 44.6 Å². The summed E-state index contributed by atoms with van der Waals surface area (Å²) in [5, 5.41) is 2.98. The van der Waals surface area contributed by atoms with Crippen molar-refractivity contribution in [2.24, 2.45) is 0 Å². The number of anilines is 1. The maximum atomic E-state index is 13.9. The summed E-state index contributed by atoms with van der Waals surface area (Å²) < 4.78 is 28.9. The molecule has 3 rings (SSSR count). The van der Waals surface area contributed by atoms with Gasteiger partial charge < -0.3 is 10.2 Å². The first kappa shape index (κ1) is 29.2.